The van der Waals surface area contributed by atoms with Crippen LogP contribution >= 0.6 is 105 Å². The first kappa shape index (κ1) is 19.6. The van der Waals surface area contributed by atoms with Crippen molar-refractivity contribution in [3.8, 4) is 0 Å². The van der Waals surface area contributed by atoms with E-state index in [-0.39, 0.29) is 42.2 Å². The average molecular weight is 432 g/mol. The molecule has 86 valence electrons. The lowest BCUT2D eigenvalue weighted by Crippen LogP contribution is -1.53. The molecule has 0 aromatic rings. The van der Waals surface area contributed by atoms with Crippen LogP contribution in [0.4, 0.5) is 0 Å². The zero-order chi connectivity index (χ0) is 11.5. The molecule has 0 aromatic carbocycles. The Morgan fingerprint density at radius 1 is 0.643 bits per heavy atom. The fourth-order valence-electron chi connectivity index (χ4n) is 0.650. The van der Waals surface area contributed by atoms with Crippen LogP contribution in [0.5, 0.6) is 0 Å². The van der Waals surface area contributed by atoms with Gasteiger partial charge in [-0.15, -0.1) is 62.5 Å². The van der Waals surface area contributed by atoms with E-state index in [1.165, 1.54) is 0 Å². The van der Waals surface area contributed by atoms with Gasteiger partial charge in [0.15, 0.2) is 0 Å². The molecule has 0 amide bonds. The highest BCUT2D eigenvalue weighted by Crippen LogP contribution is 3.16. The predicted octanol–water partition coefficient (Wildman–Crippen LogP) is 7.61. The fraction of sp³-hybridized carbons (Fsp3) is 1.00. The maximum Gasteiger partial charge on any atom is -0.0105 e. The van der Waals surface area contributed by atoms with Crippen molar-refractivity contribution < 1.29 is 0 Å². The second-order valence-electron chi connectivity index (χ2n) is 2.22. The minimum Gasteiger partial charge on any atom is -0.102 e. The molecule has 0 nitrogen and oxygen atoms in total. The fourth-order valence-corrected chi connectivity index (χ4v) is 108. The molecule has 0 heterocycles. The Bertz CT molecular complexity index is 141. The Morgan fingerprint density at radius 3 is 1.21 bits per heavy atom. The Hall–Kier alpha value is 5.59. The summed E-state index contributed by atoms with van der Waals surface area (Å²) in [6.07, 6.45) is 0. The van der Waals surface area contributed by atoms with Crippen molar-refractivity contribution in [2.24, 2.45) is 0 Å². The molecule has 9 unspecified atom stereocenters. The summed E-state index contributed by atoms with van der Waals surface area (Å²) < 4.78 is 0. The highest BCUT2D eigenvalue weighted by Gasteiger charge is 2.29. The van der Waals surface area contributed by atoms with Crippen molar-refractivity contribution in [2.45, 2.75) is 0 Å². The van der Waals surface area contributed by atoms with Gasteiger partial charge in [0.25, 0.3) is 0 Å². The van der Waals surface area contributed by atoms with Crippen LogP contribution < -0.4 is 0 Å². The summed E-state index contributed by atoms with van der Waals surface area (Å²) in [5.41, 5.74) is 0. The molecule has 0 fully saturated rings. The lowest BCUT2D eigenvalue weighted by Gasteiger charge is -2.36. The van der Waals surface area contributed by atoms with Crippen LogP contribution in [-0.2, 0) is 0 Å². The second-order valence-corrected chi connectivity index (χ2v) is 52.7. The third-order valence-corrected chi connectivity index (χ3v) is 76.9. The number of hydrogen-bond acceptors (Lipinski definition) is 0. The van der Waals surface area contributed by atoms with Crippen molar-refractivity contribution in [2.75, 3.05) is 6.66 Å². The van der Waals surface area contributed by atoms with E-state index in [0.29, 0.717) is 0 Å². The molecule has 9 atom stereocenters. The van der Waals surface area contributed by atoms with Crippen molar-refractivity contribution in [3.05, 3.63) is 0 Å². The zero-order valence-electron chi connectivity index (χ0n) is 7.72. The van der Waals surface area contributed by atoms with Gasteiger partial charge in [-0.1, -0.05) is 0 Å². The van der Waals surface area contributed by atoms with Crippen molar-refractivity contribution in [3.63, 3.8) is 0 Å². The second kappa shape index (κ2) is 10.3. The van der Waals surface area contributed by atoms with E-state index in [1.54, 1.807) is 0 Å². The maximum atomic E-state index is 3.13. The van der Waals surface area contributed by atoms with Crippen LogP contribution in [0.2, 0.25) is 0 Å². The van der Waals surface area contributed by atoms with E-state index in [2.05, 4.69) is 69.2 Å². The minimum absolute atomic E-state index is 0.107. The lowest BCUT2D eigenvalue weighted by atomic mass is 12.0. The molecule has 0 rings (SSSR count). The van der Waals surface area contributed by atoms with E-state index in [9.17, 15) is 0 Å². The van der Waals surface area contributed by atoms with Crippen LogP contribution in [-0.4, -0.2) is 6.66 Å². The van der Waals surface area contributed by atoms with Crippen LogP contribution in [0.15, 0.2) is 0 Å². The maximum absolute atomic E-state index is 3.13. The van der Waals surface area contributed by atoms with Gasteiger partial charge in [-0.25, -0.2) is 0 Å². The van der Waals surface area contributed by atoms with Crippen LogP contribution in [0.3, 0.4) is 0 Å². The van der Waals surface area contributed by atoms with E-state index in [0.717, 1.165) is 0 Å². The summed E-state index contributed by atoms with van der Waals surface area (Å²) in [4.78, 5) is 0. The third kappa shape index (κ3) is 7.39. The Labute approximate surface area is 111 Å². The molecule has 0 bridgehead atoms. The van der Waals surface area contributed by atoms with Gasteiger partial charge in [-0.05, 0) is 48.9 Å². The molecule has 0 saturated heterocycles. The highest BCUT2D eigenvalue weighted by molar-refractivity contribution is 9.20. The third-order valence-electron chi connectivity index (χ3n) is 1.21. The quantitative estimate of drug-likeness (QED) is 0.393. The zero-order valence-corrected chi connectivity index (χ0v) is 21.2. The normalized spacial score (nSPS) is 17.1. The summed E-state index contributed by atoms with van der Waals surface area (Å²) in [5.74, 6) is 0. The van der Waals surface area contributed by atoms with Gasteiger partial charge >= 0.3 is 0 Å². The summed E-state index contributed by atoms with van der Waals surface area (Å²) >= 11 is 0. The molecular weight excluding hydrogens is 415 g/mol. The Kier molecular flexibility index (Phi) is 14.5. The van der Waals surface area contributed by atoms with Crippen LogP contribution in [0.1, 0.15) is 0 Å². The van der Waals surface area contributed by atoms with E-state index >= 15 is 0 Å². The van der Waals surface area contributed by atoms with Crippen molar-refractivity contribution in [1.82, 2.24) is 0 Å². The Balaban J connectivity index is 4.51. The molecule has 0 aromatic heterocycles. The SMILES string of the molecule is CP(P(P)P(P)P)P(P(P)P)P(P)P. The van der Waals surface area contributed by atoms with Gasteiger partial charge in [0.2, 0.25) is 0 Å². The molecule has 0 saturated carbocycles. The first-order valence-corrected chi connectivity index (χ1v) is 26.6. The van der Waals surface area contributed by atoms with Gasteiger partial charge in [-0.3, -0.25) is 0 Å². The molecule has 0 spiro atoms. The predicted molar refractivity (Wildman–Crippen MR) is 115 cm³/mol. The number of hydrogen-bond donors (Lipinski definition) is 0. The van der Waals surface area contributed by atoms with E-state index < -0.39 is 0 Å². The molecule has 14 heavy (non-hydrogen) atoms. The smallest absolute Gasteiger partial charge is 0.0105 e. The van der Waals surface area contributed by atoms with Crippen LogP contribution in [0.25, 0.3) is 0 Å². The van der Waals surface area contributed by atoms with E-state index in [4.69, 9.17) is 0 Å². The monoisotopic (exact) mass is 432 g/mol. The molecule has 0 aliphatic rings. The van der Waals surface area contributed by atoms with Gasteiger partial charge in [0.05, 0.1) is 0 Å². The van der Waals surface area contributed by atoms with Gasteiger partial charge in [-0.2, -0.15) is 0 Å². The molecule has 0 aliphatic carbocycles. The number of rotatable bonds is 5. The molecule has 0 N–H and O–H groups in total. The molecule has 0 aliphatic heterocycles. The van der Waals surface area contributed by atoms with E-state index in [1.807, 2.05) is 0 Å². The summed E-state index contributed by atoms with van der Waals surface area (Å²) in [5, 5.41) is 0. The van der Waals surface area contributed by atoms with Crippen molar-refractivity contribution in [1.29, 1.82) is 0 Å². The Morgan fingerprint density at radius 2 is 1.00 bits per heavy atom. The highest BCUT2D eigenvalue weighted by atomic mass is 33.2. The summed E-state index contributed by atoms with van der Waals surface area (Å²) in [7, 11) is 21.5. The van der Waals surface area contributed by atoms with Gasteiger partial charge in [0, 0.05) is 0 Å². The van der Waals surface area contributed by atoms with Crippen molar-refractivity contribution >= 4 is 105 Å². The summed E-state index contributed by atoms with van der Waals surface area (Å²) in [6, 6.07) is 0. The lowest BCUT2D eigenvalue weighted by molar-refractivity contribution is 2.50. The first-order chi connectivity index (χ1) is 6.29. The molecular formula is CH17P13. The topological polar surface area (TPSA) is 0 Å². The average Bonchev–Trinajstić information content (AvgIpc) is 2.01. The molecule has 0 radical (unpaired) electrons. The standard InChI is InChI=1S/CH17P13/c1-9(13(8)10(2)3)14(11(4)5)12(6)7/h2-8H2,1H3. The van der Waals surface area contributed by atoms with Crippen LogP contribution in [0, 0.1) is 0 Å². The minimum atomic E-state index is 0.107. The largest absolute Gasteiger partial charge is 0.102 e. The first-order valence-electron chi connectivity index (χ1n) is 3.25. The summed E-state index contributed by atoms with van der Waals surface area (Å²) in [6.45, 7) is 3.24. The molecule has 13 heteroatoms. The van der Waals surface area contributed by atoms with Gasteiger partial charge < -0.3 is 0 Å². The van der Waals surface area contributed by atoms with Gasteiger partial charge in [0.1, 0.15) is 0 Å².